The summed E-state index contributed by atoms with van der Waals surface area (Å²) in [5.41, 5.74) is 6.19. The molecule has 1 atom stereocenters. The fraction of sp³-hybridized carbons (Fsp3) is 0.538. The van der Waals surface area contributed by atoms with Gasteiger partial charge in [-0.3, -0.25) is 0 Å². The summed E-state index contributed by atoms with van der Waals surface area (Å²) in [6, 6.07) is 2.87. The lowest BCUT2D eigenvalue weighted by atomic mass is 10.2. The van der Waals surface area contributed by atoms with Gasteiger partial charge in [-0.25, -0.2) is 13.1 Å². The number of nitrogens with one attached hydrogen (secondary N) is 1. The monoisotopic (exact) mass is 318 g/mol. The van der Waals surface area contributed by atoms with Crippen LogP contribution in [0.3, 0.4) is 0 Å². The van der Waals surface area contributed by atoms with Crippen LogP contribution in [-0.2, 0) is 21.3 Å². The van der Waals surface area contributed by atoms with Crippen LogP contribution < -0.4 is 19.9 Å². The first-order valence-corrected chi connectivity index (χ1v) is 7.85. The second-order valence-corrected chi connectivity index (χ2v) is 6.19. The minimum absolute atomic E-state index is 0.0731. The van der Waals surface area contributed by atoms with Crippen molar-refractivity contribution >= 4 is 10.0 Å². The topological polar surface area (TPSA) is 99.9 Å². The van der Waals surface area contributed by atoms with Crippen LogP contribution in [0.4, 0.5) is 0 Å². The number of hydrogen-bond donors (Lipinski definition) is 2. The van der Waals surface area contributed by atoms with E-state index in [1.165, 1.54) is 33.5 Å². The van der Waals surface area contributed by atoms with Gasteiger partial charge in [0.15, 0.2) is 11.5 Å². The van der Waals surface area contributed by atoms with Gasteiger partial charge in [-0.2, -0.15) is 0 Å². The van der Waals surface area contributed by atoms with Crippen LogP contribution in [0.2, 0.25) is 0 Å². The summed E-state index contributed by atoms with van der Waals surface area (Å²) < 4.78 is 42.4. The average molecular weight is 318 g/mol. The predicted molar refractivity (Wildman–Crippen MR) is 79.1 cm³/mol. The lowest BCUT2D eigenvalue weighted by molar-refractivity contribution is 0.122. The Labute approximate surface area is 125 Å². The van der Waals surface area contributed by atoms with Crippen molar-refractivity contribution in [2.45, 2.75) is 24.5 Å². The first-order chi connectivity index (χ1) is 9.89. The fourth-order valence-corrected chi connectivity index (χ4v) is 2.90. The highest BCUT2D eigenvalue weighted by atomic mass is 32.2. The number of sulfonamides is 1. The quantitative estimate of drug-likeness (QED) is 0.723. The molecule has 1 unspecified atom stereocenters. The van der Waals surface area contributed by atoms with Crippen molar-refractivity contribution in [3.63, 3.8) is 0 Å². The molecule has 0 bridgehead atoms. The van der Waals surface area contributed by atoms with Gasteiger partial charge < -0.3 is 19.9 Å². The standard InChI is InChI=1S/C13H22N2O5S/c1-9(18-2)8-15-21(16,17)11-5-10(7-14)13(20-4)12(6-11)19-3/h5-6,9,15H,7-8,14H2,1-4H3. The Bertz CT molecular complexity index is 549. The summed E-state index contributed by atoms with van der Waals surface area (Å²) in [6.45, 7) is 2.07. The molecule has 0 radical (unpaired) electrons. The highest BCUT2D eigenvalue weighted by Crippen LogP contribution is 2.33. The molecule has 7 nitrogen and oxygen atoms in total. The molecule has 1 rings (SSSR count). The third-order valence-electron chi connectivity index (χ3n) is 3.02. The van der Waals surface area contributed by atoms with Gasteiger partial charge in [0.2, 0.25) is 10.0 Å². The molecule has 0 heterocycles. The molecule has 0 aliphatic heterocycles. The first-order valence-electron chi connectivity index (χ1n) is 6.37. The largest absolute Gasteiger partial charge is 0.493 e. The van der Waals surface area contributed by atoms with Gasteiger partial charge in [-0.05, 0) is 13.0 Å². The zero-order chi connectivity index (χ0) is 16.0. The summed E-state index contributed by atoms with van der Waals surface area (Å²) in [4.78, 5) is 0.0731. The first kappa shape index (κ1) is 17.7. The van der Waals surface area contributed by atoms with Crippen molar-refractivity contribution in [1.82, 2.24) is 4.72 Å². The maximum atomic E-state index is 12.3. The number of nitrogens with two attached hydrogens (primary N) is 1. The van der Waals surface area contributed by atoms with Crippen molar-refractivity contribution in [3.8, 4) is 11.5 Å². The number of ether oxygens (including phenoxy) is 3. The molecule has 0 amide bonds. The molecule has 0 spiro atoms. The number of benzene rings is 1. The summed E-state index contributed by atoms with van der Waals surface area (Å²) in [5, 5.41) is 0. The fourth-order valence-electron chi connectivity index (χ4n) is 1.72. The molecule has 0 aliphatic rings. The Morgan fingerprint density at radius 3 is 2.38 bits per heavy atom. The molecule has 0 saturated carbocycles. The molecule has 8 heteroatoms. The summed E-state index contributed by atoms with van der Waals surface area (Å²) in [7, 11) is 0.754. The third-order valence-corrected chi connectivity index (χ3v) is 4.43. The van der Waals surface area contributed by atoms with Gasteiger partial charge in [0.05, 0.1) is 25.2 Å². The van der Waals surface area contributed by atoms with E-state index in [1.54, 1.807) is 6.92 Å². The SMILES string of the molecule is COc1cc(S(=O)(=O)NCC(C)OC)cc(CN)c1OC. The molecule has 0 saturated heterocycles. The number of methoxy groups -OCH3 is 3. The average Bonchev–Trinajstić information content (AvgIpc) is 2.50. The van der Waals surface area contributed by atoms with Gasteiger partial charge in [0.1, 0.15) is 0 Å². The van der Waals surface area contributed by atoms with E-state index in [1.807, 2.05) is 0 Å². The lowest BCUT2D eigenvalue weighted by Crippen LogP contribution is -2.31. The molecule has 0 aliphatic carbocycles. The molecule has 120 valence electrons. The van der Waals surface area contributed by atoms with Crippen molar-refractivity contribution in [2.75, 3.05) is 27.9 Å². The smallest absolute Gasteiger partial charge is 0.240 e. The van der Waals surface area contributed by atoms with Crippen molar-refractivity contribution in [1.29, 1.82) is 0 Å². The number of rotatable bonds is 8. The summed E-state index contributed by atoms with van der Waals surface area (Å²) >= 11 is 0. The van der Waals surface area contributed by atoms with Crippen LogP contribution in [0.25, 0.3) is 0 Å². The Morgan fingerprint density at radius 1 is 1.24 bits per heavy atom. The van der Waals surface area contributed by atoms with E-state index in [0.717, 1.165) is 0 Å². The van der Waals surface area contributed by atoms with Crippen molar-refractivity contribution in [2.24, 2.45) is 5.73 Å². The van der Waals surface area contributed by atoms with Gasteiger partial charge in [0.25, 0.3) is 0 Å². The highest BCUT2D eigenvalue weighted by molar-refractivity contribution is 7.89. The maximum absolute atomic E-state index is 12.3. The second-order valence-electron chi connectivity index (χ2n) is 4.42. The lowest BCUT2D eigenvalue weighted by Gasteiger charge is -2.15. The van der Waals surface area contributed by atoms with Gasteiger partial charge in [0, 0.05) is 31.8 Å². The Morgan fingerprint density at radius 2 is 1.90 bits per heavy atom. The van der Waals surface area contributed by atoms with Crippen molar-refractivity contribution in [3.05, 3.63) is 17.7 Å². The van der Waals surface area contributed by atoms with E-state index in [-0.39, 0.29) is 24.1 Å². The minimum Gasteiger partial charge on any atom is -0.493 e. The van der Waals surface area contributed by atoms with Gasteiger partial charge in [-0.15, -0.1) is 0 Å². The molecular formula is C13H22N2O5S. The van der Waals surface area contributed by atoms with Crippen LogP contribution in [0.15, 0.2) is 17.0 Å². The predicted octanol–water partition coefficient (Wildman–Crippen LogP) is 0.476. The van der Waals surface area contributed by atoms with Crippen LogP contribution in [0.1, 0.15) is 12.5 Å². The summed E-state index contributed by atoms with van der Waals surface area (Å²) in [6.07, 6.45) is -0.228. The van der Waals surface area contributed by atoms with Gasteiger partial charge >= 0.3 is 0 Å². The van der Waals surface area contributed by atoms with E-state index in [2.05, 4.69) is 4.72 Å². The van der Waals surface area contributed by atoms with E-state index in [4.69, 9.17) is 19.9 Å². The van der Waals surface area contributed by atoms with E-state index in [0.29, 0.717) is 17.1 Å². The maximum Gasteiger partial charge on any atom is 0.240 e. The van der Waals surface area contributed by atoms with Crippen LogP contribution in [0.5, 0.6) is 11.5 Å². The molecule has 0 fully saturated rings. The second kappa shape index (κ2) is 7.60. The molecule has 1 aromatic carbocycles. The molecule has 1 aromatic rings. The Kier molecular flexibility index (Phi) is 6.41. The van der Waals surface area contributed by atoms with Crippen molar-refractivity contribution < 1.29 is 22.6 Å². The van der Waals surface area contributed by atoms with Crippen LogP contribution in [-0.4, -0.2) is 42.4 Å². The molecule has 3 N–H and O–H groups in total. The third kappa shape index (κ3) is 4.31. The molecule has 21 heavy (non-hydrogen) atoms. The van der Waals surface area contributed by atoms with Crippen LogP contribution >= 0.6 is 0 Å². The summed E-state index contributed by atoms with van der Waals surface area (Å²) in [5.74, 6) is 0.754. The Hall–Kier alpha value is -1.35. The normalized spacial score (nSPS) is 13.0. The Balaban J connectivity index is 3.17. The van der Waals surface area contributed by atoms with E-state index in [9.17, 15) is 8.42 Å². The van der Waals surface area contributed by atoms with Crippen LogP contribution in [0, 0.1) is 0 Å². The van der Waals surface area contributed by atoms with E-state index < -0.39 is 10.0 Å². The van der Waals surface area contributed by atoms with Gasteiger partial charge in [-0.1, -0.05) is 0 Å². The zero-order valence-electron chi connectivity index (χ0n) is 12.7. The highest BCUT2D eigenvalue weighted by Gasteiger charge is 2.20. The number of hydrogen-bond acceptors (Lipinski definition) is 6. The molecule has 0 aromatic heterocycles. The minimum atomic E-state index is -3.68. The molecular weight excluding hydrogens is 296 g/mol. The van der Waals surface area contributed by atoms with E-state index >= 15 is 0 Å². The zero-order valence-corrected chi connectivity index (χ0v) is 13.5.